The average Bonchev–Trinajstić information content (AvgIpc) is 2.72. The number of hydrazone groups is 1. The van der Waals surface area contributed by atoms with Crippen LogP contribution in [0, 0.1) is 10.1 Å². The Hall–Kier alpha value is -3.09. The zero-order valence-electron chi connectivity index (χ0n) is 15.2. The lowest BCUT2D eigenvalue weighted by Crippen LogP contribution is -2.06. The van der Waals surface area contributed by atoms with Crippen LogP contribution in [0.5, 0.6) is 5.75 Å². The Balaban J connectivity index is 1.55. The van der Waals surface area contributed by atoms with Crippen LogP contribution in [0.2, 0.25) is 10.0 Å². The number of nitro benzene ring substituents is 1. The fourth-order valence-corrected chi connectivity index (χ4v) is 3.04. The van der Waals surface area contributed by atoms with E-state index in [4.69, 9.17) is 27.9 Å². The highest BCUT2D eigenvalue weighted by atomic mass is 35.5. The summed E-state index contributed by atoms with van der Waals surface area (Å²) < 4.78 is 5.75. The molecular formula is C21H17Cl2N3O3. The van der Waals surface area contributed by atoms with Crippen LogP contribution in [0.4, 0.5) is 5.69 Å². The lowest BCUT2D eigenvalue weighted by atomic mass is 10.2. The molecule has 0 radical (unpaired) electrons. The predicted molar refractivity (Wildman–Crippen MR) is 115 cm³/mol. The molecule has 3 aromatic rings. The number of nitro groups is 1. The number of halogens is 2. The first kappa shape index (κ1) is 20.6. The van der Waals surface area contributed by atoms with Crippen molar-refractivity contribution in [1.82, 2.24) is 5.43 Å². The van der Waals surface area contributed by atoms with Gasteiger partial charge in [0.1, 0.15) is 12.4 Å². The number of rotatable bonds is 8. The van der Waals surface area contributed by atoms with Crippen LogP contribution in [0.25, 0.3) is 0 Å². The Labute approximate surface area is 177 Å². The molecule has 0 heterocycles. The maximum Gasteiger partial charge on any atom is 0.269 e. The Morgan fingerprint density at radius 1 is 1.03 bits per heavy atom. The summed E-state index contributed by atoms with van der Waals surface area (Å²) in [6.45, 7) is 0.715. The van der Waals surface area contributed by atoms with E-state index < -0.39 is 4.92 Å². The molecule has 6 nitrogen and oxygen atoms in total. The SMILES string of the molecule is O=[N+]([O-])c1ccc(COc2cccc(/C=N/NCc3c(Cl)cccc3Cl)c2)cc1. The van der Waals surface area contributed by atoms with Crippen molar-refractivity contribution in [3.8, 4) is 5.75 Å². The molecular weight excluding hydrogens is 413 g/mol. The van der Waals surface area contributed by atoms with Crippen molar-refractivity contribution in [3.05, 3.63) is 104 Å². The molecule has 148 valence electrons. The van der Waals surface area contributed by atoms with Gasteiger partial charge < -0.3 is 10.2 Å². The second-order valence-corrected chi connectivity index (χ2v) is 6.89. The van der Waals surface area contributed by atoms with E-state index >= 15 is 0 Å². The van der Waals surface area contributed by atoms with Crippen molar-refractivity contribution in [3.63, 3.8) is 0 Å². The molecule has 0 aromatic heterocycles. The van der Waals surface area contributed by atoms with E-state index in [1.54, 1.807) is 36.5 Å². The third-order valence-electron chi connectivity index (χ3n) is 4.03. The molecule has 29 heavy (non-hydrogen) atoms. The van der Waals surface area contributed by atoms with Gasteiger partial charge in [-0.1, -0.05) is 41.4 Å². The number of hydrogen-bond acceptors (Lipinski definition) is 5. The molecule has 0 saturated carbocycles. The van der Waals surface area contributed by atoms with E-state index in [9.17, 15) is 10.1 Å². The highest BCUT2D eigenvalue weighted by Crippen LogP contribution is 2.23. The second-order valence-electron chi connectivity index (χ2n) is 6.08. The summed E-state index contributed by atoms with van der Waals surface area (Å²) in [5, 5.41) is 16.1. The summed E-state index contributed by atoms with van der Waals surface area (Å²) >= 11 is 12.3. The van der Waals surface area contributed by atoms with Crippen molar-refractivity contribution in [1.29, 1.82) is 0 Å². The van der Waals surface area contributed by atoms with E-state index in [-0.39, 0.29) is 5.69 Å². The Kier molecular flexibility index (Phi) is 7.05. The summed E-state index contributed by atoms with van der Waals surface area (Å²) in [5.74, 6) is 0.668. The number of nitrogens with one attached hydrogen (secondary N) is 1. The molecule has 8 heteroatoms. The van der Waals surface area contributed by atoms with Crippen molar-refractivity contribution in [2.24, 2.45) is 5.10 Å². The van der Waals surface area contributed by atoms with Crippen LogP contribution in [-0.4, -0.2) is 11.1 Å². The monoisotopic (exact) mass is 429 g/mol. The van der Waals surface area contributed by atoms with Gasteiger partial charge in [0, 0.05) is 27.7 Å². The molecule has 0 aliphatic carbocycles. The van der Waals surface area contributed by atoms with Gasteiger partial charge in [-0.25, -0.2) is 0 Å². The number of nitrogens with zero attached hydrogens (tertiary/aromatic N) is 2. The van der Waals surface area contributed by atoms with Crippen molar-refractivity contribution < 1.29 is 9.66 Å². The minimum atomic E-state index is -0.429. The van der Waals surface area contributed by atoms with Crippen LogP contribution < -0.4 is 10.2 Å². The Bertz CT molecular complexity index is 1000. The summed E-state index contributed by atoms with van der Waals surface area (Å²) in [4.78, 5) is 10.3. The van der Waals surface area contributed by atoms with Crippen LogP contribution >= 0.6 is 23.2 Å². The highest BCUT2D eigenvalue weighted by Gasteiger charge is 2.05. The first-order valence-corrected chi connectivity index (χ1v) is 9.43. The van der Waals surface area contributed by atoms with E-state index in [0.29, 0.717) is 28.9 Å². The van der Waals surface area contributed by atoms with Crippen LogP contribution in [0.15, 0.2) is 71.8 Å². The quantitative estimate of drug-likeness (QED) is 0.287. The fourth-order valence-electron chi connectivity index (χ4n) is 2.51. The van der Waals surface area contributed by atoms with Crippen molar-refractivity contribution >= 4 is 35.1 Å². The maximum absolute atomic E-state index is 10.7. The molecule has 0 bridgehead atoms. The Morgan fingerprint density at radius 2 is 1.72 bits per heavy atom. The fraction of sp³-hybridized carbons (Fsp3) is 0.0952. The van der Waals surface area contributed by atoms with Crippen LogP contribution in [0.3, 0.4) is 0 Å². The van der Waals surface area contributed by atoms with E-state index in [1.165, 1.54) is 12.1 Å². The highest BCUT2D eigenvalue weighted by molar-refractivity contribution is 6.35. The molecule has 0 saturated heterocycles. The number of benzene rings is 3. The van der Waals surface area contributed by atoms with Gasteiger partial charge in [-0.05, 0) is 47.5 Å². The molecule has 3 rings (SSSR count). The largest absolute Gasteiger partial charge is 0.489 e. The van der Waals surface area contributed by atoms with Crippen molar-refractivity contribution in [2.45, 2.75) is 13.2 Å². The lowest BCUT2D eigenvalue weighted by molar-refractivity contribution is -0.384. The van der Waals surface area contributed by atoms with Gasteiger partial charge in [-0.2, -0.15) is 5.10 Å². The predicted octanol–water partition coefficient (Wildman–Crippen LogP) is 5.60. The molecule has 0 aliphatic heterocycles. The molecule has 1 N–H and O–H groups in total. The van der Waals surface area contributed by atoms with Gasteiger partial charge in [-0.15, -0.1) is 0 Å². The summed E-state index contributed by atoms with van der Waals surface area (Å²) in [6.07, 6.45) is 1.67. The minimum absolute atomic E-state index is 0.0533. The van der Waals surface area contributed by atoms with Gasteiger partial charge in [0.2, 0.25) is 0 Å². The standard InChI is InChI=1S/C21H17Cl2N3O3/c22-20-5-2-6-21(23)19(20)13-25-24-12-16-3-1-4-18(11-16)29-14-15-7-9-17(10-8-15)26(27)28/h1-12,25H,13-14H2/b24-12+. The molecule has 0 unspecified atom stereocenters. The summed E-state index contributed by atoms with van der Waals surface area (Å²) in [6, 6.07) is 19.0. The van der Waals surface area contributed by atoms with Gasteiger partial charge >= 0.3 is 0 Å². The van der Waals surface area contributed by atoms with E-state index in [1.807, 2.05) is 24.3 Å². The number of hydrogen-bond donors (Lipinski definition) is 1. The molecule has 0 aliphatic rings. The van der Waals surface area contributed by atoms with Gasteiger partial charge in [0.05, 0.1) is 17.7 Å². The molecule has 0 atom stereocenters. The Morgan fingerprint density at radius 3 is 2.41 bits per heavy atom. The minimum Gasteiger partial charge on any atom is -0.489 e. The molecule has 0 spiro atoms. The smallest absolute Gasteiger partial charge is 0.269 e. The van der Waals surface area contributed by atoms with Crippen LogP contribution in [-0.2, 0) is 13.2 Å². The van der Waals surface area contributed by atoms with E-state index in [0.717, 1.165) is 16.7 Å². The maximum atomic E-state index is 10.7. The summed E-state index contributed by atoms with van der Waals surface area (Å²) in [7, 11) is 0. The van der Waals surface area contributed by atoms with Gasteiger partial charge in [0.25, 0.3) is 5.69 Å². The third-order valence-corrected chi connectivity index (χ3v) is 4.74. The normalized spacial score (nSPS) is 10.8. The van der Waals surface area contributed by atoms with Crippen molar-refractivity contribution in [2.75, 3.05) is 0 Å². The van der Waals surface area contributed by atoms with Gasteiger partial charge in [0.15, 0.2) is 0 Å². The number of non-ortho nitro benzene ring substituents is 1. The molecule has 0 fully saturated rings. The third kappa shape index (κ3) is 5.94. The average molecular weight is 430 g/mol. The second kappa shape index (κ2) is 9.91. The summed E-state index contributed by atoms with van der Waals surface area (Å²) in [5.41, 5.74) is 5.46. The zero-order valence-corrected chi connectivity index (χ0v) is 16.7. The lowest BCUT2D eigenvalue weighted by Gasteiger charge is -2.07. The first-order chi connectivity index (χ1) is 14.0. The first-order valence-electron chi connectivity index (χ1n) is 8.68. The molecule has 0 amide bonds. The molecule has 3 aromatic carbocycles. The zero-order chi connectivity index (χ0) is 20.6. The topological polar surface area (TPSA) is 76.8 Å². The van der Waals surface area contributed by atoms with Gasteiger partial charge in [-0.3, -0.25) is 10.1 Å². The number of ether oxygens (including phenoxy) is 1. The van der Waals surface area contributed by atoms with Crippen LogP contribution in [0.1, 0.15) is 16.7 Å². The van der Waals surface area contributed by atoms with E-state index in [2.05, 4.69) is 10.5 Å².